The molecule has 0 atom stereocenters. The average Bonchev–Trinajstić information content (AvgIpc) is 2.50. The zero-order valence-electron chi connectivity index (χ0n) is 12.3. The van der Waals surface area contributed by atoms with E-state index in [-0.39, 0.29) is 0 Å². The summed E-state index contributed by atoms with van der Waals surface area (Å²) in [4.78, 5) is 11.8. The first-order valence-corrected chi connectivity index (χ1v) is 6.45. The van der Waals surface area contributed by atoms with Gasteiger partial charge in [0.15, 0.2) is 0 Å². The van der Waals surface area contributed by atoms with Crippen molar-refractivity contribution in [3.05, 3.63) is 47.5 Å². The van der Waals surface area contributed by atoms with Crippen LogP contribution in [0.4, 0.5) is 17.1 Å². The highest BCUT2D eigenvalue weighted by molar-refractivity contribution is 6.00. The third kappa shape index (κ3) is 3.08. The molecule has 0 aromatic heterocycles. The Morgan fingerprint density at radius 3 is 2.57 bits per heavy atom. The number of para-hydroxylation sites is 1. The fourth-order valence-corrected chi connectivity index (χ4v) is 2.03. The summed E-state index contributed by atoms with van der Waals surface area (Å²) in [6.45, 7) is 1.95. The maximum atomic E-state index is 11.8. The normalized spacial score (nSPS) is 10.0. The van der Waals surface area contributed by atoms with Crippen molar-refractivity contribution >= 4 is 23.0 Å². The molecule has 0 aliphatic rings. The van der Waals surface area contributed by atoms with Gasteiger partial charge in [-0.1, -0.05) is 6.07 Å². The zero-order valence-corrected chi connectivity index (χ0v) is 12.3. The Kier molecular flexibility index (Phi) is 4.33. The number of methoxy groups -OCH3 is 2. The molecular formula is C16H18N2O3. The molecule has 2 rings (SSSR count). The lowest BCUT2D eigenvalue weighted by Crippen LogP contribution is -2.08. The summed E-state index contributed by atoms with van der Waals surface area (Å²) in [5.41, 5.74) is 9.21. The molecule has 0 saturated heterocycles. The number of nitrogens with one attached hydrogen (secondary N) is 1. The van der Waals surface area contributed by atoms with Gasteiger partial charge in [-0.2, -0.15) is 0 Å². The molecule has 5 nitrogen and oxygen atoms in total. The Morgan fingerprint density at radius 2 is 1.95 bits per heavy atom. The Balaban J connectivity index is 2.42. The minimum Gasteiger partial charge on any atom is -0.497 e. The van der Waals surface area contributed by atoms with Gasteiger partial charge in [0.25, 0.3) is 0 Å². The van der Waals surface area contributed by atoms with E-state index in [0.717, 1.165) is 17.0 Å². The van der Waals surface area contributed by atoms with Crippen molar-refractivity contribution in [1.82, 2.24) is 0 Å². The highest BCUT2D eigenvalue weighted by Gasteiger charge is 2.15. The van der Waals surface area contributed by atoms with Gasteiger partial charge in [-0.3, -0.25) is 0 Å². The second-order valence-electron chi connectivity index (χ2n) is 4.57. The number of ether oxygens (including phenoxy) is 2. The summed E-state index contributed by atoms with van der Waals surface area (Å²) >= 11 is 0. The van der Waals surface area contributed by atoms with Gasteiger partial charge in [0.1, 0.15) is 5.75 Å². The molecule has 0 aliphatic carbocycles. The Labute approximate surface area is 123 Å². The number of hydrogen-bond donors (Lipinski definition) is 2. The van der Waals surface area contributed by atoms with Crippen molar-refractivity contribution < 1.29 is 14.3 Å². The molecule has 5 heteroatoms. The number of aryl methyl sites for hydroxylation is 1. The minimum atomic E-state index is -0.434. The molecule has 0 heterocycles. The Hall–Kier alpha value is -2.69. The lowest BCUT2D eigenvalue weighted by molar-refractivity contribution is 0.0602. The smallest absolute Gasteiger partial charge is 0.340 e. The van der Waals surface area contributed by atoms with Crippen LogP contribution in [-0.4, -0.2) is 20.2 Å². The van der Waals surface area contributed by atoms with Crippen LogP contribution in [0.25, 0.3) is 0 Å². The molecule has 0 fully saturated rings. The number of benzene rings is 2. The number of esters is 1. The summed E-state index contributed by atoms with van der Waals surface area (Å²) in [5.74, 6) is 0.336. The lowest BCUT2D eigenvalue weighted by atomic mass is 10.1. The van der Waals surface area contributed by atoms with Crippen LogP contribution in [0, 0.1) is 6.92 Å². The number of nitrogen functional groups attached to an aromatic ring is 1. The van der Waals surface area contributed by atoms with Crippen LogP contribution >= 0.6 is 0 Å². The number of carbonyl (C=O) groups excluding carboxylic acids is 1. The van der Waals surface area contributed by atoms with Gasteiger partial charge in [-0.05, 0) is 42.8 Å². The van der Waals surface area contributed by atoms with E-state index in [1.165, 1.54) is 7.11 Å². The molecule has 21 heavy (non-hydrogen) atoms. The number of carbonyl (C=O) groups is 1. The van der Waals surface area contributed by atoms with E-state index in [9.17, 15) is 4.79 Å². The second-order valence-corrected chi connectivity index (χ2v) is 4.57. The minimum absolute atomic E-state index is 0.396. The van der Waals surface area contributed by atoms with Crippen LogP contribution < -0.4 is 15.8 Å². The van der Waals surface area contributed by atoms with Crippen molar-refractivity contribution in [2.75, 3.05) is 25.3 Å². The molecule has 0 amide bonds. The molecule has 0 bridgehead atoms. The van der Waals surface area contributed by atoms with Crippen molar-refractivity contribution in [2.45, 2.75) is 6.92 Å². The van der Waals surface area contributed by atoms with Crippen molar-refractivity contribution in [2.24, 2.45) is 0 Å². The zero-order chi connectivity index (χ0) is 15.4. The average molecular weight is 286 g/mol. The van der Waals surface area contributed by atoms with Crippen LogP contribution in [0.5, 0.6) is 5.75 Å². The molecule has 0 spiro atoms. The van der Waals surface area contributed by atoms with Gasteiger partial charge in [-0.25, -0.2) is 4.79 Å². The molecule has 0 saturated carbocycles. The van der Waals surface area contributed by atoms with Crippen molar-refractivity contribution in [3.8, 4) is 5.75 Å². The van der Waals surface area contributed by atoms with Crippen LogP contribution in [0.3, 0.4) is 0 Å². The number of rotatable bonds is 4. The number of nitrogens with two attached hydrogens (primary N) is 1. The monoisotopic (exact) mass is 286 g/mol. The van der Waals surface area contributed by atoms with E-state index in [1.807, 2.05) is 25.1 Å². The number of anilines is 3. The first kappa shape index (κ1) is 14.7. The van der Waals surface area contributed by atoms with Crippen LogP contribution in [0.2, 0.25) is 0 Å². The van der Waals surface area contributed by atoms with Gasteiger partial charge in [0.05, 0.1) is 31.2 Å². The topological polar surface area (TPSA) is 73.6 Å². The molecule has 110 valence electrons. The Morgan fingerprint density at radius 1 is 1.19 bits per heavy atom. The predicted molar refractivity (Wildman–Crippen MR) is 83.2 cm³/mol. The van der Waals surface area contributed by atoms with Crippen LogP contribution in [0.15, 0.2) is 36.4 Å². The molecule has 2 aromatic carbocycles. The predicted octanol–water partition coefficient (Wildman–Crippen LogP) is 3.12. The standard InChI is InChI=1S/C16H18N2O3/c1-10-9-11(20-2)7-8-14(10)18-15-12(16(19)21-3)5-4-6-13(15)17/h4-9,18H,17H2,1-3H3. The van der Waals surface area contributed by atoms with E-state index in [1.54, 1.807) is 25.3 Å². The fourth-order valence-electron chi connectivity index (χ4n) is 2.03. The molecule has 0 radical (unpaired) electrons. The summed E-state index contributed by atoms with van der Waals surface area (Å²) in [7, 11) is 2.96. The molecule has 0 unspecified atom stereocenters. The summed E-state index contributed by atoms with van der Waals surface area (Å²) in [6.07, 6.45) is 0. The number of hydrogen-bond acceptors (Lipinski definition) is 5. The van der Waals surface area contributed by atoms with Gasteiger partial charge in [-0.15, -0.1) is 0 Å². The maximum Gasteiger partial charge on any atom is 0.340 e. The largest absolute Gasteiger partial charge is 0.497 e. The Bertz CT molecular complexity index is 669. The van der Waals surface area contributed by atoms with E-state index in [0.29, 0.717) is 16.9 Å². The van der Waals surface area contributed by atoms with Crippen LogP contribution in [0.1, 0.15) is 15.9 Å². The van der Waals surface area contributed by atoms with Gasteiger partial charge < -0.3 is 20.5 Å². The first-order chi connectivity index (χ1) is 10.1. The van der Waals surface area contributed by atoms with Crippen LogP contribution in [-0.2, 0) is 4.74 Å². The van der Waals surface area contributed by atoms with E-state index in [4.69, 9.17) is 15.2 Å². The van der Waals surface area contributed by atoms with Gasteiger partial charge >= 0.3 is 5.97 Å². The van der Waals surface area contributed by atoms with E-state index < -0.39 is 5.97 Å². The molecule has 0 aliphatic heterocycles. The third-order valence-electron chi connectivity index (χ3n) is 3.20. The first-order valence-electron chi connectivity index (χ1n) is 6.45. The molecule has 3 N–H and O–H groups in total. The SMILES string of the molecule is COC(=O)c1cccc(N)c1Nc1ccc(OC)cc1C. The fraction of sp³-hybridized carbons (Fsp3) is 0.188. The maximum absolute atomic E-state index is 11.8. The highest BCUT2D eigenvalue weighted by atomic mass is 16.5. The second kappa shape index (κ2) is 6.17. The lowest BCUT2D eigenvalue weighted by Gasteiger charge is -2.15. The van der Waals surface area contributed by atoms with Gasteiger partial charge in [0, 0.05) is 5.69 Å². The van der Waals surface area contributed by atoms with E-state index >= 15 is 0 Å². The quantitative estimate of drug-likeness (QED) is 0.667. The van der Waals surface area contributed by atoms with Gasteiger partial charge in [0.2, 0.25) is 0 Å². The van der Waals surface area contributed by atoms with Crippen molar-refractivity contribution in [3.63, 3.8) is 0 Å². The van der Waals surface area contributed by atoms with E-state index in [2.05, 4.69) is 5.32 Å². The summed E-state index contributed by atoms with van der Waals surface area (Å²) in [5, 5.41) is 3.19. The van der Waals surface area contributed by atoms with Crippen molar-refractivity contribution in [1.29, 1.82) is 0 Å². The summed E-state index contributed by atoms with van der Waals surface area (Å²) in [6, 6.07) is 10.7. The summed E-state index contributed by atoms with van der Waals surface area (Å²) < 4.78 is 9.96. The molecule has 2 aromatic rings. The highest BCUT2D eigenvalue weighted by Crippen LogP contribution is 2.30. The third-order valence-corrected chi connectivity index (χ3v) is 3.20. The molecular weight excluding hydrogens is 268 g/mol.